The van der Waals surface area contributed by atoms with Crippen molar-refractivity contribution < 1.29 is 38.1 Å². The van der Waals surface area contributed by atoms with E-state index in [4.69, 9.17) is 14.2 Å². The van der Waals surface area contributed by atoms with Gasteiger partial charge in [-0.1, -0.05) is 25.3 Å². The quantitative estimate of drug-likeness (QED) is 0.285. The molecular formula is C35H47N4O8P. The number of nitrogens with one attached hydrogen (secondary N) is 2. The maximum absolute atomic E-state index is 14.5. The second-order valence-corrected chi connectivity index (χ2v) is 16.3. The molecule has 12 nitrogen and oxygen atoms in total. The minimum Gasteiger partial charge on any atom is -0.496 e. The summed E-state index contributed by atoms with van der Waals surface area (Å²) in [5.74, 6) is -0.256. The second-order valence-electron chi connectivity index (χ2n) is 13.8. The van der Waals surface area contributed by atoms with Crippen LogP contribution < -0.4 is 20.1 Å². The number of aromatic nitrogens is 1. The van der Waals surface area contributed by atoms with E-state index < -0.39 is 48.7 Å². The Bertz CT molecular complexity index is 1610. The molecule has 3 N–H and O–H groups in total. The van der Waals surface area contributed by atoms with E-state index in [2.05, 4.69) is 22.2 Å². The number of nitrogens with zero attached hydrogens (tertiary/aromatic N) is 2. The number of carbonyl (C=O) groups is 3. The molecule has 2 aliphatic carbocycles. The molecule has 0 spiro atoms. The minimum atomic E-state index is -3.78. The van der Waals surface area contributed by atoms with E-state index >= 15 is 0 Å². The van der Waals surface area contributed by atoms with Crippen LogP contribution in [0.4, 0.5) is 4.79 Å². The molecule has 4 bridgehead atoms. The Morgan fingerprint density at radius 3 is 2.69 bits per heavy atom. The number of rotatable bonds is 6. The molecule has 3 unspecified atom stereocenters. The lowest BCUT2D eigenvalue weighted by Crippen LogP contribution is -2.57. The third-order valence-electron chi connectivity index (χ3n) is 10.6. The Morgan fingerprint density at radius 1 is 1.21 bits per heavy atom. The number of methoxy groups -OCH3 is 1. The average Bonchev–Trinajstić information content (AvgIpc) is 3.65. The van der Waals surface area contributed by atoms with E-state index in [0.717, 1.165) is 73.5 Å². The molecule has 48 heavy (non-hydrogen) atoms. The van der Waals surface area contributed by atoms with Crippen LogP contribution >= 0.6 is 7.37 Å². The summed E-state index contributed by atoms with van der Waals surface area (Å²) in [5, 5.41) is 6.08. The molecule has 2 aromatic rings. The third-order valence-corrected chi connectivity index (χ3v) is 12.7. The van der Waals surface area contributed by atoms with Gasteiger partial charge in [-0.3, -0.25) is 14.2 Å². The molecule has 6 atom stereocenters. The predicted octanol–water partition coefficient (Wildman–Crippen LogP) is 4.91. The lowest BCUT2D eigenvalue weighted by molar-refractivity contribution is -0.141. The molecule has 4 aliphatic rings. The van der Waals surface area contributed by atoms with E-state index in [9.17, 15) is 23.8 Å². The molecule has 260 valence electrons. The van der Waals surface area contributed by atoms with Crippen LogP contribution in [-0.4, -0.2) is 83.1 Å². The largest absolute Gasteiger partial charge is 0.496 e. The molecule has 2 saturated carbocycles. The highest BCUT2D eigenvalue weighted by Crippen LogP contribution is 2.67. The van der Waals surface area contributed by atoms with Gasteiger partial charge in [-0.25, -0.2) is 9.78 Å². The summed E-state index contributed by atoms with van der Waals surface area (Å²) in [7, 11) is -2.14. The highest BCUT2D eigenvalue weighted by molar-refractivity contribution is 7.59. The van der Waals surface area contributed by atoms with Crippen LogP contribution in [0.1, 0.15) is 69.8 Å². The lowest BCUT2D eigenvalue weighted by Gasteiger charge is -2.34. The summed E-state index contributed by atoms with van der Waals surface area (Å²) in [5.41, 5.74) is 0.998. The zero-order chi connectivity index (χ0) is 34.1. The lowest BCUT2D eigenvalue weighted by atomic mass is 9.83. The van der Waals surface area contributed by atoms with Gasteiger partial charge >= 0.3 is 6.09 Å². The molecule has 2 aliphatic heterocycles. The topological polar surface area (TPSA) is 156 Å². The van der Waals surface area contributed by atoms with Crippen LogP contribution in [0.5, 0.6) is 11.6 Å². The summed E-state index contributed by atoms with van der Waals surface area (Å²) >= 11 is 0. The van der Waals surface area contributed by atoms with Crippen molar-refractivity contribution in [2.24, 2.45) is 11.8 Å². The fraction of sp³-hybridized carbons (Fsp3) is 0.600. The summed E-state index contributed by atoms with van der Waals surface area (Å²) < 4.78 is 30.8. The van der Waals surface area contributed by atoms with Gasteiger partial charge < -0.3 is 34.6 Å². The Labute approximate surface area is 281 Å². The van der Waals surface area contributed by atoms with Crippen molar-refractivity contribution in [1.29, 1.82) is 0 Å². The summed E-state index contributed by atoms with van der Waals surface area (Å²) in [4.78, 5) is 58.4. The Kier molecular flexibility index (Phi) is 10.0. The Morgan fingerprint density at radius 2 is 1.98 bits per heavy atom. The number of hydrogen-bond donors (Lipinski definition) is 3. The number of carbonyl (C=O) groups excluding carboxylic acids is 3. The molecule has 3 amide bonds. The van der Waals surface area contributed by atoms with Crippen molar-refractivity contribution in [2.75, 3.05) is 26.9 Å². The summed E-state index contributed by atoms with van der Waals surface area (Å²) in [6, 6.07) is 3.98. The highest BCUT2D eigenvalue weighted by Gasteiger charge is 2.64. The van der Waals surface area contributed by atoms with Gasteiger partial charge in [0.15, 0.2) is 0 Å². The van der Waals surface area contributed by atoms with Gasteiger partial charge in [-0.15, -0.1) is 6.58 Å². The van der Waals surface area contributed by atoms with Crippen LogP contribution in [0, 0.1) is 11.8 Å². The average molecular weight is 683 g/mol. The van der Waals surface area contributed by atoms with Crippen LogP contribution in [-0.2, 0) is 25.3 Å². The Balaban J connectivity index is 1.36. The SMILES string of the molecule is C=CC1CC1(NC(=O)[C@@H]1C[C@@H]2CN1C(=O)[C@H](C1CCCCC1)NC(=O)OCCCCCc1cc3c(nccc3cc1OC)O2)P(C)(=O)O. The normalized spacial score (nSPS) is 29.9. The van der Waals surface area contributed by atoms with Crippen molar-refractivity contribution >= 4 is 36.0 Å². The number of aryl methyl sites for hydroxylation is 1. The third kappa shape index (κ3) is 6.92. The smallest absolute Gasteiger partial charge is 0.407 e. The number of amides is 3. The molecule has 1 aromatic heterocycles. The Hall–Kier alpha value is -3.63. The van der Waals surface area contributed by atoms with Gasteiger partial charge in [0.1, 0.15) is 29.2 Å². The fourth-order valence-electron chi connectivity index (χ4n) is 7.76. The molecule has 3 heterocycles. The van der Waals surface area contributed by atoms with E-state index in [0.29, 0.717) is 12.3 Å². The zero-order valence-electron chi connectivity index (χ0n) is 27.8. The number of benzene rings is 1. The molecule has 13 heteroatoms. The van der Waals surface area contributed by atoms with Gasteiger partial charge in [0, 0.05) is 30.6 Å². The number of pyridine rings is 1. The van der Waals surface area contributed by atoms with Crippen molar-refractivity contribution in [3.8, 4) is 11.6 Å². The second kappa shape index (κ2) is 14.1. The molecule has 1 saturated heterocycles. The van der Waals surface area contributed by atoms with Gasteiger partial charge in [0.2, 0.25) is 25.1 Å². The summed E-state index contributed by atoms with van der Waals surface area (Å²) in [6.07, 6.45) is 9.95. The molecule has 6 rings (SSSR count). The monoisotopic (exact) mass is 682 g/mol. The van der Waals surface area contributed by atoms with E-state index in [1.54, 1.807) is 19.4 Å². The molecule has 3 fully saturated rings. The van der Waals surface area contributed by atoms with E-state index in [-0.39, 0.29) is 37.8 Å². The van der Waals surface area contributed by atoms with Crippen molar-refractivity contribution in [3.05, 3.63) is 42.6 Å². The minimum absolute atomic E-state index is 0.0682. The number of ether oxygens (including phenoxy) is 3. The van der Waals surface area contributed by atoms with Crippen LogP contribution in [0.25, 0.3) is 10.8 Å². The fourth-order valence-corrected chi connectivity index (χ4v) is 9.34. The first-order chi connectivity index (χ1) is 23.0. The van der Waals surface area contributed by atoms with E-state index in [1.165, 1.54) is 11.6 Å². The number of cyclic esters (lactones) is 1. The van der Waals surface area contributed by atoms with Gasteiger partial charge in [-0.2, -0.15) is 0 Å². The summed E-state index contributed by atoms with van der Waals surface area (Å²) in [6.45, 7) is 5.30. The van der Waals surface area contributed by atoms with Gasteiger partial charge in [-0.05, 0) is 80.0 Å². The highest BCUT2D eigenvalue weighted by atomic mass is 31.2. The first-order valence-electron chi connectivity index (χ1n) is 17.2. The number of fused-ring (bicyclic) bond motifs is 3. The van der Waals surface area contributed by atoms with Crippen molar-refractivity contribution in [3.63, 3.8) is 0 Å². The van der Waals surface area contributed by atoms with Crippen LogP contribution in [0.3, 0.4) is 0 Å². The van der Waals surface area contributed by atoms with Crippen LogP contribution in [0.15, 0.2) is 37.1 Å². The first-order valence-corrected chi connectivity index (χ1v) is 19.3. The van der Waals surface area contributed by atoms with Gasteiger partial charge in [0.05, 0.1) is 20.3 Å². The standard InChI is InChI=1S/C35H47N4O8P/c1-4-25-20-35(25,48(3,43)44)38-31(40)28-19-26-21-39(28)33(41)30(22-11-7-5-8-12-22)37-34(42)46-16-10-6-9-13-24-17-27-23(18-29(24)45-2)14-15-36-32(27)47-26/h4,14-15,17-18,22,25-26,28,30H,1,5-13,16,19-21H2,2-3H3,(H,37,42)(H,38,40)(H,43,44)/t25?,26-,28+,30+,35?/m1/s1. The molecular weight excluding hydrogens is 635 g/mol. The van der Waals surface area contributed by atoms with Crippen molar-refractivity contribution in [1.82, 2.24) is 20.5 Å². The van der Waals surface area contributed by atoms with Crippen LogP contribution in [0.2, 0.25) is 0 Å². The predicted molar refractivity (Wildman–Crippen MR) is 180 cm³/mol. The van der Waals surface area contributed by atoms with E-state index in [1.807, 2.05) is 18.2 Å². The molecule has 1 aromatic carbocycles. The molecule has 0 radical (unpaired) electrons. The van der Waals surface area contributed by atoms with Crippen molar-refractivity contribution in [2.45, 2.75) is 94.1 Å². The zero-order valence-corrected chi connectivity index (χ0v) is 28.7. The van der Waals surface area contributed by atoms with Gasteiger partial charge in [0.25, 0.3) is 0 Å². The first kappa shape index (κ1) is 34.2. The number of hydrogen-bond acceptors (Lipinski definition) is 8. The maximum Gasteiger partial charge on any atom is 0.407 e. The number of alkyl carbamates (subject to hydrolysis) is 1. The maximum atomic E-state index is 14.5.